The maximum Gasteiger partial charge on any atom is 0.410 e. The molecule has 0 spiro atoms. The smallest absolute Gasteiger partial charge is 0.410 e. The summed E-state index contributed by atoms with van der Waals surface area (Å²) in [5.74, 6) is -0.865. The van der Waals surface area contributed by atoms with Gasteiger partial charge in [-0.1, -0.05) is 0 Å². The van der Waals surface area contributed by atoms with Crippen molar-refractivity contribution in [1.29, 1.82) is 0 Å². The molecule has 3 unspecified atom stereocenters. The lowest BCUT2D eigenvalue weighted by atomic mass is 9.73. The molecule has 2 saturated heterocycles. The number of hydrogen-bond acceptors (Lipinski definition) is 3. The first kappa shape index (κ1) is 11.2. The van der Waals surface area contributed by atoms with Gasteiger partial charge in [0.25, 0.3) is 0 Å². The van der Waals surface area contributed by atoms with Crippen LogP contribution in [0.5, 0.6) is 0 Å². The second kappa shape index (κ2) is 4.31. The summed E-state index contributed by atoms with van der Waals surface area (Å²) in [6, 6.07) is -0.165. The number of amides is 1. The van der Waals surface area contributed by atoms with Gasteiger partial charge in [0.05, 0.1) is 12.5 Å². The number of fused-ring (bicyclic) bond motifs is 3. The lowest BCUT2D eigenvalue weighted by Crippen LogP contribution is -2.57. The third-order valence-corrected chi connectivity index (χ3v) is 3.60. The molecule has 3 aliphatic rings. The molecule has 0 aromatic heterocycles. The molecule has 3 atom stereocenters. The summed E-state index contributed by atoms with van der Waals surface area (Å²) in [5, 5.41) is 9.11. The summed E-state index contributed by atoms with van der Waals surface area (Å²) >= 11 is 0. The minimum absolute atomic E-state index is 0.165. The first-order chi connectivity index (χ1) is 7.63. The molecule has 2 heterocycles. The number of hydrogen-bond donors (Lipinski definition) is 1. The van der Waals surface area contributed by atoms with Crippen LogP contribution in [0, 0.1) is 11.8 Å². The van der Waals surface area contributed by atoms with Gasteiger partial charge in [-0.2, -0.15) is 0 Å². The van der Waals surface area contributed by atoms with Crippen molar-refractivity contribution in [2.24, 2.45) is 11.8 Å². The zero-order valence-corrected chi connectivity index (χ0v) is 9.39. The monoisotopic (exact) mass is 227 g/mol. The second-order valence-corrected chi connectivity index (χ2v) is 4.54. The number of carboxylic acids is 1. The molecule has 1 saturated carbocycles. The third kappa shape index (κ3) is 1.86. The molecule has 0 radical (unpaired) electrons. The molecule has 90 valence electrons. The SMILES string of the molecule is CCOC(=O)N1CC2CCC1C(C(=O)O)C2. The van der Waals surface area contributed by atoms with Crippen LogP contribution in [0.3, 0.4) is 0 Å². The Balaban J connectivity index is 2.10. The standard InChI is InChI=1S/C11H17NO4/c1-2-16-11(15)12-6-7-3-4-9(12)8(5-7)10(13)14/h7-9H,2-6H2,1H3,(H,13,14). The predicted molar refractivity (Wildman–Crippen MR) is 56.0 cm³/mol. The Morgan fingerprint density at radius 2 is 2.19 bits per heavy atom. The van der Waals surface area contributed by atoms with Crippen LogP contribution >= 0.6 is 0 Å². The fourth-order valence-electron chi connectivity index (χ4n) is 2.88. The second-order valence-electron chi connectivity index (χ2n) is 4.54. The van der Waals surface area contributed by atoms with Gasteiger partial charge < -0.3 is 14.7 Å². The Morgan fingerprint density at radius 3 is 2.75 bits per heavy atom. The minimum Gasteiger partial charge on any atom is -0.481 e. The summed E-state index contributed by atoms with van der Waals surface area (Å²) in [6.07, 6.45) is 2.17. The van der Waals surface area contributed by atoms with E-state index in [1.807, 2.05) is 0 Å². The van der Waals surface area contributed by atoms with Gasteiger partial charge >= 0.3 is 12.1 Å². The summed E-state index contributed by atoms with van der Waals surface area (Å²) in [4.78, 5) is 24.4. The van der Waals surface area contributed by atoms with Crippen LogP contribution in [-0.4, -0.2) is 41.3 Å². The van der Waals surface area contributed by atoms with E-state index in [1.54, 1.807) is 11.8 Å². The number of carbonyl (C=O) groups excluding carboxylic acids is 1. The Hall–Kier alpha value is -1.26. The normalized spacial score (nSPS) is 32.6. The topological polar surface area (TPSA) is 66.8 Å². The highest BCUT2D eigenvalue weighted by Crippen LogP contribution is 2.39. The number of carbonyl (C=O) groups is 2. The van der Waals surface area contributed by atoms with Gasteiger partial charge in [0.1, 0.15) is 0 Å². The molecule has 3 rings (SSSR count). The summed E-state index contributed by atoms with van der Waals surface area (Å²) in [6.45, 7) is 2.76. The van der Waals surface area contributed by atoms with Crippen LogP contribution in [0.2, 0.25) is 0 Å². The van der Waals surface area contributed by atoms with E-state index in [0.717, 1.165) is 12.8 Å². The number of nitrogens with zero attached hydrogens (tertiary/aromatic N) is 1. The van der Waals surface area contributed by atoms with E-state index in [4.69, 9.17) is 9.84 Å². The minimum atomic E-state index is -0.788. The first-order valence-corrected chi connectivity index (χ1v) is 5.79. The molecule has 1 aliphatic carbocycles. The van der Waals surface area contributed by atoms with Crippen LogP contribution in [0.4, 0.5) is 4.79 Å². The van der Waals surface area contributed by atoms with Crippen LogP contribution in [0.1, 0.15) is 26.2 Å². The van der Waals surface area contributed by atoms with Gasteiger partial charge in [-0.15, -0.1) is 0 Å². The van der Waals surface area contributed by atoms with Crippen molar-refractivity contribution in [3.05, 3.63) is 0 Å². The molecular weight excluding hydrogens is 210 g/mol. The Labute approximate surface area is 94.4 Å². The molecule has 16 heavy (non-hydrogen) atoms. The number of piperidine rings is 2. The molecule has 1 N–H and O–H groups in total. The van der Waals surface area contributed by atoms with Gasteiger partial charge in [0, 0.05) is 12.6 Å². The lowest BCUT2D eigenvalue weighted by Gasteiger charge is -2.47. The number of rotatable bonds is 2. The van der Waals surface area contributed by atoms with Crippen LogP contribution < -0.4 is 0 Å². The van der Waals surface area contributed by atoms with E-state index < -0.39 is 11.9 Å². The highest BCUT2D eigenvalue weighted by atomic mass is 16.6. The lowest BCUT2D eigenvalue weighted by molar-refractivity contribution is -0.149. The Kier molecular flexibility index (Phi) is 3.03. The van der Waals surface area contributed by atoms with E-state index in [0.29, 0.717) is 25.5 Å². The molecule has 2 bridgehead atoms. The zero-order chi connectivity index (χ0) is 11.7. The average Bonchev–Trinajstić information content (AvgIpc) is 2.29. The van der Waals surface area contributed by atoms with Gasteiger partial charge in [0.15, 0.2) is 0 Å². The number of carboxylic acid groups (broad SMARTS) is 1. The summed E-state index contributed by atoms with van der Waals surface area (Å²) < 4.78 is 4.96. The summed E-state index contributed by atoms with van der Waals surface area (Å²) in [7, 11) is 0. The number of aliphatic carboxylic acids is 1. The molecular formula is C11H17NO4. The van der Waals surface area contributed by atoms with Gasteiger partial charge in [-0.05, 0) is 32.1 Å². The van der Waals surface area contributed by atoms with E-state index >= 15 is 0 Å². The molecule has 1 amide bonds. The molecule has 0 aromatic carbocycles. The molecule has 0 aromatic rings. The average molecular weight is 227 g/mol. The fraction of sp³-hybridized carbons (Fsp3) is 0.818. The van der Waals surface area contributed by atoms with Crippen molar-refractivity contribution in [2.75, 3.05) is 13.2 Å². The van der Waals surface area contributed by atoms with E-state index in [9.17, 15) is 9.59 Å². The van der Waals surface area contributed by atoms with Crippen LogP contribution in [-0.2, 0) is 9.53 Å². The van der Waals surface area contributed by atoms with E-state index in [2.05, 4.69) is 0 Å². The van der Waals surface area contributed by atoms with E-state index in [-0.39, 0.29) is 12.1 Å². The largest absolute Gasteiger partial charge is 0.481 e. The van der Waals surface area contributed by atoms with Crippen LogP contribution in [0.25, 0.3) is 0 Å². The maximum atomic E-state index is 11.7. The van der Waals surface area contributed by atoms with Crippen molar-refractivity contribution in [2.45, 2.75) is 32.2 Å². The van der Waals surface area contributed by atoms with Crippen molar-refractivity contribution in [1.82, 2.24) is 4.90 Å². The van der Waals surface area contributed by atoms with Crippen molar-refractivity contribution < 1.29 is 19.4 Å². The van der Waals surface area contributed by atoms with Crippen molar-refractivity contribution in [3.8, 4) is 0 Å². The van der Waals surface area contributed by atoms with Gasteiger partial charge in [0.2, 0.25) is 0 Å². The molecule has 5 heteroatoms. The quantitative estimate of drug-likeness (QED) is 0.772. The number of ether oxygens (including phenoxy) is 1. The highest BCUT2D eigenvalue weighted by Gasteiger charge is 2.46. The zero-order valence-electron chi connectivity index (χ0n) is 9.39. The highest BCUT2D eigenvalue weighted by molar-refractivity contribution is 5.74. The molecule has 3 fully saturated rings. The predicted octanol–water partition coefficient (Wildman–Crippen LogP) is 1.33. The Bertz CT molecular complexity index is 304. The first-order valence-electron chi connectivity index (χ1n) is 5.79. The third-order valence-electron chi connectivity index (χ3n) is 3.60. The van der Waals surface area contributed by atoms with Crippen LogP contribution in [0.15, 0.2) is 0 Å². The molecule has 5 nitrogen and oxygen atoms in total. The van der Waals surface area contributed by atoms with Crippen molar-refractivity contribution >= 4 is 12.1 Å². The van der Waals surface area contributed by atoms with Gasteiger partial charge in [-0.3, -0.25) is 4.79 Å². The van der Waals surface area contributed by atoms with Crippen molar-refractivity contribution in [3.63, 3.8) is 0 Å². The fourth-order valence-corrected chi connectivity index (χ4v) is 2.88. The summed E-state index contributed by atoms with van der Waals surface area (Å²) in [5.41, 5.74) is 0. The Morgan fingerprint density at radius 1 is 1.44 bits per heavy atom. The van der Waals surface area contributed by atoms with Gasteiger partial charge in [-0.25, -0.2) is 4.79 Å². The maximum absolute atomic E-state index is 11.7. The van der Waals surface area contributed by atoms with E-state index in [1.165, 1.54) is 0 Å². The molecule has 2 aliphatic heterocycles.